The van der Waals surface area contributed by atoms with Crippen LogP contribution < -0.4 is 18.9 Å². The molecule has 0 N–H and O–H groups in total. The number of fused-ring (bicyclic) bond motifs is 1. The van der Waals surface area contributed by atoms with Crippen molar-refractivity contribution in [2.75, 3.05) is 41.7 Å². The molecule has 1 unspecified atom stereocenters. The molecule has 0 saturated heterocycles. The van der Waals surface area contributed by atoms with Crippen LogP contribution in [0.5, 0.6) is 23.0 Å². The lowest BCUT2D eigenvalue weighted by Crippen LogP contribution is -2.17. The van der Waals surface area contributed by atoms with E-state index < -0.39 is 5.82 Å². The van der Waals surface area contributed by atoms with E-state index in [1.54, 1.807) is 7.11 Å². The summed E-state index contributed by atoms with van der Waals surface area (Å²) in [5.74, 6) is 1.33. The van der Waals surface area contributed by atoms with E-state index in [4.69, 9.17) is 18.9 Å². The minimum absolute atomic E-state index is 0.127. The van der Waals surface area contributed by atoms with E-state index in [9.17, 15) is 9.18 Å². The third kappa shape index (κ3) is 4.51. The molecular formula is C23H28FNO5. The molecule has 0 spiro atoms. The number of hydrogen-bond donors (Lipinski definition) is 0. The molecular weight excluding hydrogens is 389 g/mol. The third-order valence-electron chi connectivity index (χ3n) is 5.22. The first-order valence-corrected chi connectivity index (χ1v) is 9.86. The first-order chi connectivity index (χ1) is 14.3. The number of ether oxygens (including phenoxy) is 4. The molecule has 2 aromatic rings. The number of halogens is 1. The van der Waals surface area contributed by atoms with Crippen LogP contribution in [-0.4, -0.2) is 52.3 Å². The van der Waals surface area contributed by atoms with Crippen molar-refractivity contribution in [3.8, 4) is 23.0 Å². The van der Waals surface area contributed by atoms with Gasteiger partial charge < -0.3 is 23.8 Å². The largest absolute Gasteiger partial charge is 0.496 e. The van der Waals surface area contributed by atoms with Gasteiger partial charge >= 0.3 is 0 Å². The molecule has 7 heteroatoms. The van der Waals surface area contributed by atoms with E-state index in [2.05, 4.69) is 4.90 Å². The van der Waals surface area contributed by atoms with Gasteiger partial charge in [-0.1, -0.05) is 6.92 Å². The summed E-state index contributed by atoms with van der Waals surface area (Å²) in [4.78, 5) is 15.1. The second-order valence-electron chi connectivity index (χ2n) is 7.64. The lowest BCUT2D eigenvalue weighted by atomic mass is 9.87. The molecule has 0 radical (unpaired) electrons. The fourth-order valence-electron chi connectivity index (χ4n) is 3.76. The Labute approximate surface area is 176 Å². The van der Waals surface area contributed by atoms with Gasteiger partial charge in [-0.15, -0.1) is 0 Å². The van der Waals surface area contributed by atoms with E-state index in [0.29, 0.717) is 22.8 Å². The lowest BCUT2D eigenvalue weighted by molar-refractivity contribution is 0.0972. The number of hydrogen-bond acceptors (Lipinski definition) is 6. The van der Waals surface area contributed by atoms with Crippen molar-refractivity contribution in [1.29, 1.82) is 0 Å². The molecule has 0 fully saturated rings. The van der Waals surface area contributed by atoms with Crippen molar-refractivity contribution >= 4 is 5.78 Å². The second-order valence-corrected chi connectivity index (χ2v) is 7.64. The summed E-state index contributed by atoms with van der Waals surface area (Å²) in [5, 5.41) is 0. The van der Waals surface area contributed by atoms with Crippen molar-refractivity contribution in [3.05, 3.63) is 46.8 Å². The molecule has 6 nitrogen and oxygen atoms in total. The molecule has 1 atom stereocenters. The van der Waals surface area contributed by atoms with Gasteiger partial charge in [0.25, 0.3) is 0 Å². The van der Waals surface area contributed by atoms with Crippen molar-refractivity contribution < 1.29 is 28.1 Å². The smallest absolute Gasteiger partial charge is 0.231 e. The van der Waals surface area contributed by atoms with Gasteiger partial charge in [0.15, 0.2) is 17.3 Å². The SMILES string of the molecule is COc1cc(F)ccc1C(=O)CC(C)c1c(CCN(C)C)cc2c(c1OC)OCO2. The fourth-order valence-corrected chi connectivity index (χ4v) is 3.76. The van der Waals surface area contributed by atoms with E-state index in [1.165, 1.54) is 25.3 Å². The van der Waals surface area contributed by atoms with Crippen LogP contribution in [0.1, 0.15) is 40.7 Å². The zero-order chi connectivity index (χ0) is 21.8. The highest BCUT2D eigenvalue weighted by molar-refractivity contribution is 5.99. The van der Waals surface area contributed by atoms with E-state index in [0.717, 1.165) is 24.1 Å². The topological polar surface area (TPSA) is 57.2 Å². The first-order valence-electron chi connectivity index (χ1n) is 9.86. The van der Waals surface area contributed by atoms with Gasteiger partial charge in [0.1, 0.15) is 11.6 Å². The van der Waals surface area contributed by atoms with Crippen molar-refractivity contribution in [3.63, 3.8) is 0 Å². The first kappa shape index (κ1) is 21.9. The minimum Gasteiger partial charge on any atom is -0.496 e. The molecule has 2 aromatic carbocycles. The number of Topliss-reactive ketones (excluding diaryl/α,β-unsaturated/α-hetero) is 1. The molecule has 30 heavy (non-hydrogen) atoms. The average Bonchev–Trinajstić information content (AvgIpc) is 3.18. The van der Waals surface area contributed by atoms with Crippen LogP contribution in [0.15, 0.2) is 24.3 Å². The monoisotopic (exact) mass is 417 g/mol. The highest BCUT2D eigenvalue weighted by atomic mass is 19.1. The zero-order valence-corrected chi connectivity index (χ0v) is 18.1. The van der Waals surface area contributed by atoms with Gasteiger partial charge in [-0.3, -0.25) is 4.79 Å². The van der Waals surface area contributed by atoms with Crippen LogP contribution in [0.3, 0.4) is 0 Å². The van der Waals surface area contributed by atoms with Gasteiger partial charge in [-0.2, -0.15) is 0 Å². The maximum Gasteiger partial charge on any atom is 0.231 e. The fraction of sp³-hybridized carbons (Fsp3) is 0.435. The van der Waals surface area contributed by atoms with Crippen molar-refractivity contribution in [1.82, 2.24) is 4.90 Å². The summed E-state index contributed by atoms with van der Waals surface area (Å²) < 4.78 is 35.6. The Morgan fingerprint density at radius 2 is 1.97 bits per heavy atom. The van der Waals surface area contributed by atoms with E-state index >= 15 is 0 Å². The highest BCUT2D eigenvalue weighted by Crippen LogP contribution is 2.48. The highest BCUT2D eigenvalue weighted by Gasteiger charge is 2.29. The van der Waals surface area contributed by atoms with Crippen molar-refractivity contribution in [2.24, 2.45) is 0 Å². The zero-order valence-electron chi connectivity index (χ0n) is 18.1. The Kier molecular flexibility index (Phi) is 6.82. The summed E-state index contributed by atoms with van der Waals surface area (Å²) in [6.07, 6.45) is 0.987. The van der Waals surface area contributed by atoms with Crippen LogP contribution >= 0.6 is 0 Å². The van der Waals surface area contributed by atoms with Gasteiger partial charge in [-0.25, -0.2) is 4.39 Å². The molecule has 3 rings (SSSR count). The van der Waals surface area contributed by atoms with Crippen LogP contribution in [0.4, 0.5) is 4.39 Å². The minimum atomic E-state index is -0.445. The Balaban J connectivity index is 1.96. The Hall–Kier alpha value is -2.80. The lowest BCUT2D eigenvalue weighted by Gasteiger charge is -2.22. The molecule has 0 bridgehead atoms. The number of methoxy groups -OCH3 is 2. The second kappa shape index (κ2) is 9.34. The third-order valence-corrected chi connectivity index (χ3v) is 5.22. The number of carbonyl (C=O) groups is 1. The van der Waals surface area contributed by atoms with Gasteiger partial charge in [0.2, 0.25) is 12.5 Å². The number of carbonyl (C=O) groups excluding carboxylic acids is 1. The Bertz CT molecular complexity index is 928. The number of ketones is 1. The van der Waals surface area contributed by atoms with Crippen LogP contribution in [0.2, 0.25) is 0 Å². The standard InChI is InChI=1S/C23H28FNO5/c1-14(10-18(26)17-7-6-16(24)12-19(17)27-4)21-15(8-9-25(2)3)11-20-22(23(21)28-5)30-13-29-20/h6-7,11-12,14H,8-10,13H2,1-5H3. The summed E-state index contributed by atoms with van der Waals surface area (Å²) >= 11 is 0. The van der Waals surface area contributed by atoms with E-state index in [-0.39, 0.29) is 30.7 Å². The molecule has 0 amide bonds. The normalized spacial score (nSPS) is 13.4. The summed E-state index contributed by atoms with van der Waals surface area (Å²) in [7, 11) is 7.04. The summed E-state index contributed by atoms with van der Waals surface area (Å²) in [6.45, 7) is 2.96. The maximum atomic E-state index is 13.5. The van der Waals surface area contributed by atoms with Gasteiger partial charge in [0, 0.05) is 24.6 Å². The average molecular weight is 417 g/mol. The van der Waals surface area contributed by atoms with Gasteiger partial charge in [0.05, 0.1) is 19.8 Å². The Morgan fingerprint density at radius 1 is 1.20 bits per heavy atom. The van der Waals surface area contributed by atoms with Gasteiger partial charge in [-0.05, 0) is 50.2 Å². The quantitative estimate of drug-likeness (QED) is 0.574. The number of rotatable bonds is 9. The molecule has 0 aromatic heterocycles. The van der Waals surface area contributed by atoms with Crippen LogP contribution in [0, 0.1) is 5.82 Å². The number of likely N-dealkylation sites (N-methyl/N-ethyl adjacent to an activating group) is 1. The summed E-state index contributed by atoms with van der Waals surface area (Å²) in [5.41, 5.74) is 2.34. The molecule has 1 aliphatic rings. The predicted molar refractivity (Wildman–Crippen MR) is 112 cm³/mol. The summed E-state index contributed by atoms with van der Waals surface area (Å²) in [6, 6.07) is 5.93. The molecule has 1 heterocycles. The number of nitrogens with zero attached hydrogens (tertiary/aromatic N) is 1. The van der Waals surface area contributed by atoms with E-state index in [1.807, 2.05) is 27.1 Å². The molecule has 0 saturated carbocycles. The molecule has 1 aliphatic heterocycles. The Morgan fingerprint density at radius 3 is 2.63 bits per heavy atom. The predicted octanol–water partition coefficient (Wildman–Crippen LogP) is 4.05. The molecule has 162 valence electrons. The van der Waals surface area contributed by atoms with Crippen LogP contribution in [0.25, 0.3) is 0 Å². The molecule has 0 aliphatic carbocycles. The van der Waals surface area contributed by atoms with Crippen molar-refractivity contribution in [2.45, 2.75) is 25.7 Å². The number of benzene rings is 2. The van der Waals surface area contributed by atoms with Crippen LogP contribution in [-0.2, 0) is 6.42 Å². The maximum absolute atomic E-state index is 13.5.